The van der Waals surface area contributed by atoms with E-state index in [2.05, 4.69) is 15.0 Å². The van der Waals surface area contributed by atoms with E-state index in [0.717, 1.165) is 0 Å². The molecule has 5 N–H and O–H groups in total. The van der Waals surface area contributed by atoms with Gasteiger partial charge >= 0.3 is 0 Å². The van der Waals surface area contributed by atoms with Gasteiger partial charge in [-0.15, -0.1) is 0 Å². The summed E-state index contributed by atoms with van der Waals surface area (Å²) in [7, 11) is 3.54. The molecule has 1 fully saturated rings. The monoisotopic (exact) mass is 310 g/mol. The summed E-state index contributed by atoms with van der Waals surface area (Å²) in [5.74, 6) is 0.595. The van der Waals surface area contributed by atoms with E-state index in [9.17, 15) is 15.3 Å². The number of imidazole rings is 1. The Balaban J connectivity index is 2.08. The van der Waals surface area contributed by atoms with Gasteiger partial charge in [-0.25, -0.2) is 4.98 Å². The quantitative estimate of drug-likeness (QED) is 0.510. The number of aromatic nitrogens is 4. The third-order valence-electron chi connectivity index (χ3n) is 3.63. The van der Waals surface area contributed by atoms with E-state index in [1.165, 1.54) is 10.9 Å². The highest BCUT2D eigenvalue weighted by Crippen LogP contribution is 2.32. The van der Waals surface area contributed by atoms with Gasteiger partial charge in [-0.05, 0) is 0 Å². The lowest BCUT2D eigenvalue weighted by Crippen LogP contribution is -2.33. The van der Waals surface area contributed by atoms with E-state index in [1.54, 1.807) is 19.0 Å². The van der Waals surface area contributed by atoms with Gasteiger partial charge in [0.25, 0.3) is 0 Å². The van der Waals surface area contributed by atoms with Crippen molar-refractivity contribution in [1.82, 2.24) is 19.5 Å². The van der Waals surface area contributed by atoms with Gasteiger partial charge in [0, 0.05) is 14.1 Å². The van der Waals surface area contributed by atoms with E-state index < -0.39 is 31.1 Å². The highest BCUT2D eigenvalue weighted by Gasteiger charge is 2.44. The molecule has 3 rings (SSSR count). The first kappa shape index (κ1) is 14.9. The second-order valence-corrected chi connectivity index (χ2v) is 5.36. The third kappa shape index (κ3) is 2.16. The number of aliphatic hydroxyl groups excluding tert-OH is 3. The van der Waals surface area contributed by atoms with Crippen LogP contribution >= 0.6 is 0 Å². The van der Waals surface area contributed by atoms with Crippen molar-refractivity contribution in [2.45, 2.75) is 24.5 Å². The Kier molecular flexibility index (Phi) is 3.60. The molecule has 0 amide bonds. The van der Waals surface area contributed by atoms with Crippen molar-refractivity contribution in [3.63, 3.8) is 0 Å². The molecule has 0 saturated carbocycles. The van der Waals surface area contributed by atoms with Gasteiger partial charge in [0.05, 0.1) is 12.9 Å². The molecule has 1 saturated heterocycles. The first-order chi connectivity index (χ1) is 10.4. The Bertz CT molecular complexity index is 690. The Morgan fingerprint density at radius 2 is 2.05 bits per heavy atom. The molecule has 0 aliphatic carbocycles. The molecule has 0 aromatic carbocycles. The lowest BCUT2D eigenvalue weighted by Gasteiger charge is -2.17. The normalized spacial score (nSPS) is 28.4. The van der Waals surface area contributed by atoms with Crippen molar-refractivity contribution in [3.05, 3.63) is 6.33 Å². The minimum Gasteiger partial charge on any atom is -0.394 e. The maximum atomic E-state index is 10.1. The fourth-order valence-electron chi connectivity index (χ4n) is 2.42. The van der Waals surface area contributed by atoms with Crippen molar-refractivity contribution in [1.29, 1.82) is 0 Å². The summed E-state index contributed by atoms with van der Waals surface area (Å²) in [6.07, 6.45) is -2.78. The maximum Gasteiger partial charge on any atom is 0.228 e. The molecule has 22 heavy (non-hydrogen) atoms. The fraction of sp³-hybridized carbons (Fsp3) is 0.583. The molecule has 0 radical (unpaired) electrons. The maximum absolute atomic E-state index is 10.1. The van der Waals surface area contributed by atoms with Crippen LogP contribution in [0.15, 0.2) is 6.33 Å². The van der Waals surface area contributed by atoms with Crippen molar-refractivity contribution in [2.75, 3.05) is 31.3 Å². The molecular weight excluding hydrogens is 292 g/mol. The van der Waals surface area contributed by atoms with Crippen molar-refractivity contribution < 1.29 is 20.1 Å². The lowest BCUT2D eigenvalue weighted by atomic mass is 10.1. The van der Waals surface area contributed by atoms with Gasteiger partial charge in [0.15, 0.2) is 17.7 Å². The number of nitrogens with zero attached hydrogens (tertiary/aromatic N) is 5. The number of nitrogens with two attached hydrogens (primary N) is 1. The van der Waals surface area contributed by atoms with E-state index in [4.69, 9.17) is 10.5 Å². The van der Waals surface area contributed by atoms with Crippen LogP contribution in [-0.2, 0) is 4.74 Å². The molecule has 2 aromatic heterocycles. The Morgan fingerprint density at radius 1 is 1.32 bits per heavy atom. The zero-order chi connectivity index (χ0) is 16.0. The first-order valence-electron chi connectivity index (χ1n) is 6.74. The van der Waals surface area contributed by atoms with E-state index >= 15 is 0 Å². The van der Waals surface area contributed by atoms with Crippen LogP contribution in [0.1, 0.15) is 6.23 Å². The third-order valence-corrected chi connectivity index (χ3v) is 3.63. The van der Waals surface area contributed by atoms with Crippen LogP contribution in [-0.4, -0.2) is 73.9 Å². The SMILES string of the molecule is CN(C)c1nc(N)c2ncn([C@@H]3O[C@H](CO)C(O)C3O)c2n1. The molecule has 4 atom stereocenters. The average molecular weight is 310 g/mol. The molecule has 1 aliphatic rings. The summed E-state index contributed by atoms with van der Waals surface area (Å²) in [4.78, 5) is 14.3. The van der Waals surface area contributed by atoms with E-state index in [0.29, 0.717) is 17.1 Å². The summed E-state index contributed by atoms with van der Waals surface area (Å²) < 4.78 is 6.96. The first-order valence-corrected chi connectivity index (χ1v) is 6.74. The molecule has 3 heterocycles. The van der Waals surface area contributed by atoms with Crippen LogP contribution in [0.2, 0.25) is 0 Å². The number of aliphatic hydroxyl groups is 3. The van der Waals surface area contributed by atoms with Crippen LogP contribution in [0.5, 0.6) is 0 Å². The molecule has 0 bridgehead atoms. The number of anilines is 2. The number of ether oxygens (including phenoxy) is 1. The molecular formula is C12H18N6O4. The Hall–Kier alpha value is -2.01. The van der Waals surface area contributed by atoms with Gasteiger partial charge in [0.1, 0.15) is 23.8 Å². The van der Waals surface area contributed by atoms with Gasteiger partial charge in [-0.2, -0.15) is 9.97 Å². The zero-order valence-electron chi connectivity index (χ0n) is 12.2. The second kappa shape index (κ2) is 5.32. The van der Waals surface area contributed by atoms with Crippen molar-refractivity contribution >= 4 is 22.9 Å². The van der Waals surface area contributed by atoms with Crippen LogP contribution in [0.4, 0.5) is 11.8 Å². The van der Waals surface area contributed by atoms with Crippen LogP contribution < -0.4 is 10.6 Å². The summed E-state index contributed by atoms with van der Waals surface area (Å²) in [6, 6.07) is 0. The summed E-state index contributed by atoms with van der Waals surface area (Å²) in [5.41, 5.74) is 6.63. The zero-order valence-corrected chi connectivity index (χ0v) is 12.2. The van der Waals surface area contributed by atoms with Crippen LogP contribution in [0.3, 0.4) is 0 Å². The van der Waals surface area contributed by atoms with Gasteiger partial charge in [-0.3, -0.25) is 4.57 Å². The van der Waals surface area contributed by atoms with Crippen molar-refractivity contribution in [3.8, 4) is 0 Å². The summed E-state index contributed by atoms with van der Waals surface area (Å²) >= 11 is 0. The predicted octanol–water partition coefficient (Wildman–Crippen LogP) is -1.91. The minimum absolute atomic E-state index is 0.208. The standard InChI is InChI=1S/C12H18N6O4/c1-17(2)12-15-9(13)6-10(16-12)18(4-14-6)11-8(21)7(20)5(3-19)22-11/h4-5,7-8,11,19-21H,3H2,1-2H3,(H2,13,15,16)/t5-,7?,8?,11-/m1/s1. The summed E-state index contributed by atoms with van der Waals surface area (Å²) in [5, 5.41) is 29.2. The number of hydrogen-bond acceptors (Lipinski definition) is 9. The molecule has 10 heteroatoms. The highest BCUT2D eigenvalue weighted by molar-refractivity contribution is 5.83. The van der Waals surface area contributed by atoms with Crippen LogP contribution in [0.25, 0.3) is 11.2 Å². The summed E-state index contributed by atoms with van der Waals surface area (Å²) in [6.45, 7) is -0.401. The predicted molar refractivity (Wildman–Crippen MR) is 77.1 cm³/mol. The van der Waals surface area contributed by atoms with E-state index in [-0.39, 0.29) is 5.82 Å². The van der Waals surface area contributed by atoms with Gasteiger partial charge in [-0.1, -0.05) is 0 Å². The number of hydrogen-bond donors (Lipinski definition) is 4. The molecule has 10 nitrogen and oxygen atoms in total. The minimum atomic E-state index is -1.21. The molecule has 2 unspecified atom stereocenters. The highest BCUT2D eigenvalue weighted by atomic mass is 16.6. The Labute approximate surface area is 125 Å². The van der Waals surface area contributed by atoms with Crippen molar-refractivity contribution in [2.24, 2.45) is 0 Å². The topological polar surface area (TPSA) is 143 Å². The molecule has 1 aliphatic heterocycles. The molecule has 2 aromatic rings. The average Bonchev–Trinajstić information content (AvgIpc) is 3.02. The second-order valence-electron chi connectivity index (χ2n) is 5.36. The van der Waals surface area contributed by atoms with Gasteiger partial charge in [0.2, 0.25) is 5.95 Å². The Morgan fingerprint density at radius 3 is 2.64 bits per heavy atom. The van der Waals surface area contributed by atoms with E-state index in [1.807, 2.05) is 0 Å². The molecule has 120 valence electrons. The number of rotatable bonds is 3. The van der Waals surface area contributed by atoms with Gasteiger partial charge < -0.3 is 30.7 Å². The smallest absolute Gasteiger partial charge is 0.228 e. The fourth-order valence-corrected chi connectivity index (χ4v) is 2.42. The number of fused-ring (bicyclic) bond motifs is 1. The lowest BCUT2D eigenvalue weighted by molar-refractivity contribution is -0.0511. The number of nitrogen functional groups attached to an aromatic ring is 1. The largest absolute Gasteiger partial charge is 0.394 e. The van der Waals surface area contributed by atoms with Crippen LogP contribution in [0, 0.1) is 0 Å². The molecule has 0 spiro atoms.